The number of amides is 1. The number of hydrogen-bond acceptors (Lipinski definition) is 3. The molecule has 1 atom stereocenters. The second-order valence-electron chi connectivity index (χ2n) is 9.86. The minimum Gasteiger partial charge on any atom is -0.357 e. The number of nitrogens with zero attached hydrogens (tertiary/aromatic N) is 1. The molecule has 1 aliphatic heterocycles. The number of anilines is 2. The summed E-state index contributed by atoms with van der Waals surface area (Å²) in [6.07, 6.45) is 1.39. The fraction of sp³-hybridized carbons (Fsp3) is 0.241. The van der Waals surface area contributed by atoms with E-state index >= 15 is 0 Å². The summed E-state index contributed by atoms with van der Waals surface area (Å²) in [6.45, 7) is 4.22. The molecule has 1 heterocycles. The van der Waals surface area contributed by atoms with E-state index in [9.17, 15) is 9.59 Å². The van der Waals surface area contributed by atoms with E-state index in [-0.39, 0.29) is 23.5 Å². The molecule has 5 rings (SSSR count). The smallest absolute Gasteiger partial charge is 0.232 e. The minimum atomic E-state index is -0.565. The van der Waals surface area contributed by atoms with E-state index in [0.29, 0.717) is 17.0 Å². The first kappa shape index (κ1) is 22.4. The number of fused-ring (bicyclic) bond motifs is 1. The molecule has 3 aromatic rings. The molecule has 0 bridgehead atoms. The lowest BCUT2D eigenvalue weighted by Gasteiger charge is -2.37. The Morgan fingerprint density at radius 1 is 1.00 bits per heavy atom. The Balaban J connectivity index is 1.73. The number of nitrogens with one attached hydrogen (secondary N) is 1. The quantitative estimate of drug-likeness (QED) is 0.462. The number of benzene rings is 3. The van der Waals surface area contributed by atoms with Crippen LogP contribution in [-0.4, -0.2) is 11.7 Å². The van der Waals surface area contributed by atoms with Gasteiger partial charge < -0.3 is 5.32 Å². The fourth-order valence-corrected chi connectivity index (χ4v) is 5.31. The lowest BCUT2D eigenvalue weighted by atomic mass is 9.73. The number of carbonyl (C=O) groups is 2. The molecule has 34 heavy (non-hydrogen) atoms. The number of carbonyl (C=O) groups excluding carboxylic acids is 2. The van der Waals surface area contributed by atoms with Gasteiger partial charge in [0, 0.05) is 22.7 Å². The largest absolute Gasteiger partial charge is 0.357 e. The molecular weight excluding hydrogens is 444 g/mol. The van der Waals surface area contributed by atoms with E-state index in [1.54, 1.807) is 4.90 Å². The lowest BCUT2D eigenvalue weighted by Crippen LogP contribution is -2.40. The third-order valence-electron chi connectivity index (χ3n) is 6.53. The summed E-state index contributed by atoms with van der Waals surface area (Å²) in [5.41, 5.74) is 4.71. The van der Waals surface area contributed by atoms with Crippen LogP contribution in [0.25, 0.3) is 0 Å². The van der Waals surface area contributed by atoms with Crippen molar-refractivity contribution in [1.29, 1.82) is 0 Å². The average molecular weight is 471 g/mol. The van der Waals surface area contributed by atoms with E-state index < -0.39 is 6.04 Å². The highest BCUT2D eigenvalue weighted by molar-refractivity contribution is 6.30. The van der Waals surface area contributed by atoms with Gasteiger partial charge in [-0.05, 0) is 47.2 Å². The highest BCUT2D eigenvalue weighted by Crippen LogP contribution is 2.48. The second kappa shape index (κ2) is 8.77. The summed E-state index contributed by atoms with van der Waals surface area (Å²) in [5.74, 6) is -0.00847. The van der Waals surface area contributed by atoms with Crippen molar-refractivity contribution in [1.82, 2.24) is 0 Å². The molecule has 0 fully saturated rings. The number of hydrogen-bond donors (Lipinski definition) is 1. The molecule has 0 spiro atoms. The summed E-state index contributed by atoms with van der Waals surface area (Å²) in [5, 5.41) is 4.12. The Hall–Kier alpha value is -3.37. The van der Waals surface area contributed by atoms with Gasteiger partial charge in [-0.1, -0.05) is 80.0 Å². The normalized spacial score (nSPS) is 19.1. The van der Waals surface area contributed by atoms with Crippen LogP contribution in [0.5, 0.6) is 0 Å². The molecular formula is C29H27ClN2O2. The summed E-state index contributed by atoms with van der Waals surface area (Å²) in [7, 11) is 0. The van der Waals surface area contributed by atoms with Crippen molar-refractivity contribution in [2.75, 3.05) is 10.2 Å². The standard InChI is InChI=1S/C29H27ClN2O2/c1-29(2)17-23-27(25(33)18-29)28(20-11-8-12-21(30)16-20)32(24-14-7-6-13-22(24)31-23)26(34)15-19-9-4-3-5-10-19/h3-14,16,28,31H,15,17-18H2,1-2H3. The summed E-state index contributed by atoms with van der Waals surface area (Å²) >= 11 is 6.40. The molecule has 1 unspecified atom stereocenters. The third-order valence-corrected chi connectivity index (χ3v) is 6.77. The van der Waals surface area contributed by atoms with Gasteiger partial charge in [0.1, 0.15) is 0 Å². The number of ketones is 1. The number of allylic oxidation sites excluding steroid dienone is 1. The van der Waals surface area contributed by atoms with Crippen LogP contribution in [-0.2, 0) is 16.0 Å². The molecule has 1 aliphatic carbocycles. The molecule has 3 aromatic carbocycles. The van der Waals surface area contributed by atoms with Crippen LogP contribution in [0.2, 0.25) is 5.02 Å². The van der Waals surface area contributed by atoms with Gasteiger partial charge in [-0.15, -0.1) is 0 Å². The Morgan fingerprint density at radius 3 is 2.50 bits per heavy atom. The summed E-state index contributed by atoms with van der Waals surface area (Å²) < 4.78 is 0. The number of Topliss-reactive ketones (excluding diaryl/α,β-unsaturated/α-hetero) is 1. The molecule has 0 aromatic heterocycles. The zero-order valence-electron chi connectivity index (χ0n) is 19.3. The van der Waals surface area contributed by atoms with Gasteiger partial charge in [0.05, 0.1) is 23.8 Å². The molecule has 4 nitrogen and oxygen atoms in total. The van der Waals surface area contributed by atoms with Crippen LogP contribution in [0.4, 0.5) is 11.4 Å². The molecule has 5 heteroatoms. The van der Waals surface area contributed by atoms with E-state index in [1.165, 1.54) is 0 Å². The predicted octanol–water partition coefficient (Wildman–Crippen LogP) is 6.73. The molecule has 0 radical (unpaired) electrons. The van der Waals surface area contributed by atoms with Crippen LogP contribution in [0, 0.1) is 5.41 Å². The maximum atomic E-state index is 14.0. The average Bonchev–Trinajstić information content (AvgIpc) is 2.93. The van der Waals surface area contributed by atoms with Crippen molar-refractivity contribution in [2.45, 2.75) is 39.2 Å². The molecule has 0 saturated carbocycles. The monoisotopic (exact) mass is 470 g/mol. The van der Waals surface area contributed by atoms with E-state index in [1.807, 2.05) is 78.9 Å². The summed E-state index contributed by atoms with van der Waals surface area (Å²) in [4.78, 5) is 29.5. The SMILES string of the molecule is CC1(C)CC(=O)C2=C(C1)Nc1ccccc1N(C(=O)Cc1ccccc1)C2c1cccc(Cl)c1. The van der Waals surface area contributed by atoms with Gasteiger partial charge in [0.25, 0.3) is 0 Å². The van der Waals surface area contributed by atoms with E-state index in [0.717, 1.165) is 34.6 Å². The number of rotatable bonds is 3. The first-order chi connectivity index (χ1) is 16.3. The molecule has 0 saturated heterocycles. The molecule has 1 N–H and O–H groups in total. The summed E-state index contributed by atoms with van der Waals surface area (Å²) in [6, 6.07) is 24.4. The lowest BCUT2D eigenvalue weighted by molar-refractivity contribution is -0.119. The topological polar surface area (TPSA) is 49.4 Å². The zero-order valence-corrected chi connectivity index (χ0v) is 20.1. The third kappa shape index (κ3) is 4.26. The zero-order chi connectivity index (χ0) is 23.9. The van der Waals surface area contributed by atoms with Gasteiger partial charge in [-0.2, -0.15) is 0 Å². The van der Waals surface area contributed by atoms with Gasteiger partial charge in [0.15, 0.2) is 5.78 Å². The Bertz CT molecular complexity index is 1300. The van der Waals surface area contributed by atoms with Crippen molar-refractivity contribution in [3.63, 3.8) is 0 Å². The van der Waals surface area contributed by atoms with Crippen LogP contribution in [0.3, 0.4) is 0 Å². The van der Waals surface area contributed by atoms with Gasteiger partial charge in [-0.3, -0.25) is 14.5 Å². The van der Waals surface area contributed by atoms with Crippen molar-refractivity contribution >= 4 is 34.7 Å². The van der Waals surface area contributed by atoms with Crippen molar-refractivity contribution < 1.29 is 9.59 Å². The highest BCUT2D eigenvalue weighted by atomic mass is 35.5. The molecule has 1 amide bonds. The van der Waals surface area contributed by atoms with Crippen LogP contribution >= 0.6 is 11.6 Å². The van der Waals surface area contributed by atoms with Crippen LogP contribution < -0.4 is 10.2 Å². The fourth-order valence-electron chi connectivity index (χ4n) is 5.11. The molecule has 2 aliphatic rings. The van der Waals surface area contributed by atoms with Crippen LogP contribution in [0.15, 0.2) is 90.1 Å². The Labute approximate surface area is 205 Å². The van der Waals surface area contributed by atoms with Crippen molar-refractivity contribution in [3.05, 3.63) is 106 Å². The highest BCUT2D eigenvalue weighted by Gasteiger charge is 2.43. The van der Waals surface area contributed by atoms with E-state index in [2.05, 4.69) is 19.2 Å². The number of para-hydroxylation sites is 2. The van der Waals surface area contributed by atoms with Crippen molar-refractivity contribution in [3.8, 4) is 0 Å². The Kier molecular flexibility index (Phi) is 5.78. The number of halogens is 1. The second-order valence-corrected chi connectivity index (χ2v) is 10.3. The Morgan fingerprint density at radius 2 is 1.74 bits per heavy atom. The van der Waals surface area contributed by atoms with Gasteiger partial charge in [-0.25, -0.2) is 0 Å². The van der Waals surface area contributed by atoms with Crippen molar-refractivity contribution in [2.24, 2.45) is 5.41 Å². The minimum absolute atomic E-state index is 0.0639. The van der Waals surface area contributed by atoms with Crippen LogP contribution in [0.1, 0.15) is 43.9 Å². The van der Waals surface area contributed by atoms with Gasteiger partial charge in [0.2, 0.25) is 5.91 Å². The van der Waals surface area contributed by atoms with E-state index in [4.69, 9.17) is 11.6 Å². The predicted molar refractivity (Wildman–Crippen MR) is 137 cm³/mol. The first-order valence-electron chi connectivity index (χ1n) is 11.6. The first-order valence-corrected chi connectivity index (χ1v) is 11.9. The maximum Gasteiger partial charge on any atom is 0.232 e. The maximum absolute atomic E-state index is 14.0. The molecule has 172 valence electrons. The van der Waals surface area contributed by atoms with Gasteiger partial charge >= 0.3 is 0 Å².